The first-order valence-electron chi connectivity index (χ1n) is 6.96. The molecule has 1 aromatic rings. The molecule has 0 spiro atoms. The second kappa shape index (κ2) is 6.87. The molecule has 0 aliphatic carbocycles. The van der Waals surface area contributed by atoms with Gasteiger partial charge in [0.05, 0.1) is 6.10 Å². The third-order valence-corrected chi connectivity index (χ3v) is 4.01. The van der Waals surface area contributed by atoms with E-state index in [1.807, 2.05) is 6.92 Å². The summed E-state index contributed by atoms with van der Waals surface area (Å²) in [7, 11) is 0. The number of hydrogen-bond acceptors (Lipinski definition) is 4. The van der Waals surface area contributed by atoms with E-state index in [0.29, 0.717) is 23.8 Å². The van der Waals surface area contributed by atoms with Crippen molar-refractivity contribution in [2.45, 2.75) is 19.4 Å². The molecule has 21 heavy (non-hydrogen) atoms. The largest absolute Gasteiger partial charge is 0.484 e. The van der Waals surface area contributed by atoms with Crippen LogP contribution in [0.2, 0.25) is 0 Å². The van der Waals surface area contributed by atoms with Gasteiger partial charge < -0.3 is 20.5 Å². The average Bonchev–Trinajstić information content (AvgIpc) is 2.48. The number of benzene rings is 1. The first-order chi connectivity index (χ1) is 9.97. The number of nitrogens with zero attached hydrogens (tertiary/aromatic N) is 1. The number of aliphatic hydroxyl groups excluding tert-OH is 1. The van der Waals surface area contributed by atoms with E-state index in [-0.39, 0.29) is 18.4 Å². The average molecular weight is 308 g/mol. The second-order valence-corrected chi connectivity index (χ2v) is 5.79. The molecule has 0 saturated carbocycles. The number of amides is 1. The van der Waals surface area contributed by atoms with Gasteiger partial charge >= 0.3 is 0 Å². The molecular weight excluding hydrogens is 288 g/mol. The Morgan fingerprint density at radius 2 is 2.14 bits per heavy atom. The lowest BCUT2D eigenvalue weighted by molar-refractivity contribution is -0.137. The number of rotatable bonds is 4. The van der Waals surface area contributed by atoms with Gasteiger partial charge in [0.15, 0.2) is 6.61 Å². The summed E-state index contributed by atoms with van der Waals surface area (Å²) in [5, 5.41) is 9.81. The number of aliphatic hydroxyl groups is 1. The van der Waals surface area contributed by atoms with E-state index in [1.165, 1.54) is 0 Å². The van der Waals surface area contributed by atoms with Crippen molar-refractivity contribution in [2.75, 3.05) is 19.7 Å². The highest BCUT2D eigenvalue weighted by molar-refractivity contribution is 7.80. The minimum absolute atomic E-state index is 0.0342. The highest BCUT2D eigenvalue weighted by Crippen LogP contribution is 2.17. The molecule has 0 aromatic heterocycles. The summed E-state index contributed by atoms with van der Waals surface area (Å²) in [6.07, 6.45) is 0.364. The zero-order valence-electron chi connectivity index (χ0n) is 12.0. The van der Waals surface area contributed by atoms with E-state index >= 15 is 0 Å². The molecule has 1 aromatic carbocycles. The molecular formula is C15H20N2O3S. The zero-order valence-corrected chi connectivity index (χ0v) is 12.8. The lowest BCUT2D eigenvalue weighted by Crippen LogP contribution is -2.47. The lowest BCUT2D eigenvalue weighted by Gasteiger charge is -2.34. The number of carbonyl (C=O) groups is 1. The quantitative estimate of drug-likeness (QED) is 0.809. The first-order valence-corrected chi connectivity index (χ1v) is 7.36. The van der Waals surface area contributed by atoms with E-state index in [4.69, 9.17) is 22.7 Å². The number of β-amino-alcohol motifs (C(OH)–C–C–N with tert-alkyl or cyclic N) is 1. The summed E-state index contributed by atoms with van der Waals surface area (Å²) >= 11 is 4.87. The van der Waals surface area contributed by atoms with Crippen LogP contribution in [0.3, 0.4) is 0 Å². The molecule has 3 N–H and O–H groups in total. The maximum absolute atomic E-state index is 12.0. The Hall–Kier alpha value is -1.66. The van der Waals surface area contributed by atoms with Gasteiger partial charge in [-0.1, -0.05) is 19.1 Å². The monoisotopic (exact) mass is 308 g/mol. The lowest BCUT2D eigenvalue weighted by atomic mass is 9.96. The molecule has 2 rings (SSSR count). The van der Waals surface area contributed by atoms with Crippen LogP contribution in [0.1, 0.15) is 18.9 Å². The van der Waals surface area contributed by atoms with Crippen molar-refractivity contribution in [3.63, 3.8) is 0 Å². The van der Waals surface area contributed by atoms with Gasteiger partial charge in [-0.15, -0.1) is 0 Å². The first kappa shape index (κ1) is 15.7. The Morgan fingerprint density at radius 1 is 1.48 bits per heavy atom. The van der Waals surface area contributed by atoms with Crippen molar-refractivity contribution in [1.82, 2.24) is 4.90 Å². The smallest absolute Gasteiger partial charge is 0.260 e. The topological polar surface area (TPSA) is 75.8 Å². The van der Waals surface area contributed by atoms with Gasteiger partial charge in [-0.25, -0.2) is 0 Å². The molecule has 0 bridgehead atoms. The van der Waals surface area contributed by atoms with Crippen molar-refractivity contribution < 1.29 is 14.6 Å². The minimum Gasteiger partial charge on any atom is -0.484 e. The fourth-order valence-corrected chi connectivity index (χ4v) is 2.36. The highest BCUT2D eigenvalue weighted by Gasteiger charge is 2.27. The van der Waals surface area contributed by atoms with Crippen LogP contribution >= 0.6 is 12.2 Å². The molecule has 1 heterocycles. The molecule has 1 fully saturated rings. The maximum atomic E-state index is 12.0. The van der Waals surface area contributed by atoms with E-state index in [1.54, 1.807) is 29.2 Å². The van der Waals surface area contributed by atoms with Crippen molar-refractivity contribution in [3.8, 4) is 5.75 Å². The van der Waals surface area contributed by atoms with E-state index < -0.39 is 6.10 Å². The molecule has 1 aliphatic rings. The van der Waals surface area contributed by atoms with Crippen LogP contribution in [0.25, 0.3) is 0 Å². The molecule has 2 atom stereocenters. The van der Waals surface area contributed by atoms with E-state index in [2.05, 4.69) is 0 Å². The van der Waals surface area contributed by atoms with Gasteiger partial charge in [0.25, 0.3) is 5.91 Å². The van der Waals surface area contributed by atoms with Gasteiger partial charge in [-0.3, -0.25) is 4.79 Å². The number of thiocarbonyl (C=S) groups is 1. The fraction of sp³-hybridized carbons (Fsp3) is 0.467. The van der Waals surface area contributed by atoms with Gasteiger partial charge in [0.1, 0.15) is 10.7 Å². The normalized spacial score (nSPS) is 21.9. The number of nitrogens with two attached hydrogens (primary N) is 1. The number of carbonyl (C=O) groups excluding carboxylic acids is 1. The summed E-state index contributed by atoms with van der Waals surface area (Å²) in [6, 6.07) is 6.98. The number of hydrogen-bond donors (Lipinski definition) is 2. The van der Waals surface area contributed by atoms with Crippen LogP contribution in [0, 0.1) is 5.92 Å². The second-order valence-electron chi connectivity index (χ2n) is 5.35. The minimum atomic E-state index is -0.451. The van der Waals surface area contributed by atoms with Crippen LogP contribution in [0.4, 0.5) is 0 Å². The SMILES string of the molecule is CC1CCN(C(=O)COc2ccc(C(N)=S)cc2)CC1O. The van der Waals surface area contributed by atoms with Crippen molar-refractivity contribution in [2.24, 2.45) is 11.7 Å². The molecule has 114 valence electrons. The van der Waals surface area contributed by atoms with Gasteiger partial charge in [0.2, 0.25) is 0 Å². The number of ether oxygens (including phenoxy) is 1. The Morgan fingerprint density at radius 3 is 2.71 bits per heavy atom. The summed E-state index contributed by atoms with van der Waals surface area (Å²) in [5.74, 6) is 0.719. The number of piperidine rings is 1. The van der Waals surface area contributed by atoms with Gasteiger partial charge in [-0.2, -0.15) is 0 Å². The Kier molecular flexibility index (Phi) is 5.14. The van der Waals surface area contributed by atoms with E-state index in [9.17, 15) is 9.90 Å². The Bertz CT molecular complexity index is 518. The van der Waals surface area contributed by atoms with Crippen LogP contribution in [0.15, 0.2) is 24.3 Å². The number of likely N-dealkylation sites (tertiary alicyclic amines) is 1. The highest BCUT2D eigenvalue weighted by atomic mass is 32.1. The molecule has 0 radical (unpaired) electrons. The van der Waals surface area contributed by atoms with Crippen molar-refractivity contribution >= 4 is 23.1 Å². The van der Waals surface area contributed by atoms with Crippen LogP contribution in [-0.4, -0.2) is 46.7 Å². The van der Waals surface area contributed by atoms with E-state index in [0.717, 1.165) is 12.0 Å². The Balaban J connectivity index is 1.85. The fourth-order valence-electron chi connectivity index (χ4n) is 2.23. The molecule has 2 unspecified atom stereocenters. The van der Waals surface area contributed by atoms with Crippen LogP contribution in [-0.2, 0) is 4.79 Å². The standard InChI is InChI=1S/C15H20N2O3S/c1-10-6-7-17(8-13(10)18)14(19)9-20-12-4-2-11(3-5-12)15(16)21/h2-5,10,13,18H,6-9H2,1H3,(H2,16,21). The van der Waals surface area contributed by atoms with Crippen molar-refractivity contribution in [3.05, 3.63) is 29.8 Å². The summed E-state index contributed by atoms with van der Waals surface area (Å²) in [4.78, 5) is 14.0. The Labute approximate surface area is 129 Å². The molecule has 5 nitrogen and oxygen atoms in total. The third-order valence-electron chi connectivity index (χ3n) is 3.77. The molecule has 1 amide bonds. The third kappa shape index (κ3) is 4.15. The van der Waals surface area contributed by atoms with Crippen molar-refractivity contribution in [1.29, 1.82) is 0 Å². The zero-order chi connectivity index (χ0) is 15.4. The van der Waals surface area contributed by atoms with Crippen LogP contribution < -0.4 is 10.5 Å². The molecule has 1 saturated heterocycles. The summed E-state index contributed by atoms with van der Waals surface area (Å²) < 4.78 is 5.46. The predicted molar refractivity (Wildman–Crippen MR) is 84.2 cm³/mol. The molecule has 6 heteroatoms. The summed E-state index contributed by atoms with van der Waals surface area (Å²) in [6.45, 7) is 3.00. The molecule has 1 aliphatic heterocycles. The van der Waals surface area contributed by atoms with Gasteiger partial charge in [-0.05, 0) is 36.6 Å². The van der Waals surface area contributed by atoms with Crippen LogP contribution in [0.5, 0.6) is 5.75 Å². The van der Waals surface area contributed by atoms with Gasteiger partial charge in [0, 0.05) is 18.7 Å². The maximum Gasteiger partial charge on any atom is 0.260 e. The summed E-state index contributed by atoms with van der Waals surface area (Å²) in [5.41, 5.74) is 6.27. The predicted octanol–water partition coefficient (Wildman–Crippen LogP) is 0.929.